The Kier molecular flexibility index (Phi) is 5.20. The second-order valence-electron chi connectivity index (χ2n) is 2.08. The SMILES string of the molecule is C/N=N\N=C(/C)SC(C)C. The van der Waals surface area contributed by atoms with Gasteiger partial charge in [-0.05, 0) is 12.1 Å². The van der Waals surface area contributed by atoms with Crippen molar-refractivity contribution in [2.75, 3.05) is 7.05 Å². The molecule has 4 heteroatoms. The highest BCUT2D eigenvalue weighted by Crippen LogP contribution is 2.11. The highest BCUT2D eigenvalue weighted by molar-refractivity contribution is 8.14. The molecule has 58 valence electrons. The first-order valence-electron chi connectivity index (χ1n) is 3.17. The molecule has 0 aromatic heterocycles. The number of nitrogens with zero attached hydrogens (tertiary/aromatic N) is 3. The summed E-state index contributed by atoms with van der Waals surface area (Å²) in [5.41, 5.74) is 0. The van der Waals surface area contributed by atoms with Crippen molar-refractivity contribution < 1.29 is 0 Å². The van der Waals surface area contributed by atoms with Gasteiger partial charge >= 0.3 is 0 Å². The summed E-state index contributed by atoms with van der Waals surface area (Å²) >= 11 is 1.69. The third-order valence-corrected chi connectivity index (χ3v) is 1.58. The summed E-state index contributed by atoms with van der Waals surface area (Å²) in [7, 11) is 1.61. The minimum atomic E-state index is 0.566. The average Bonchev–Trinajstić information content (AvgIpc) is 1.82. The molecule has 0 aliphatic heterocycles. The molecular weight excluding hydrogens is 146 g/mol. The quantitative estimate of drug-likeness (QED) is 0.264. The second-order valence-corrected chi connectivity index (χ2v) is 3.84. The lowest BCUT2D eigenvalue weighted by Crippen LogP contribution is -1.91. The van der Waals surface area contributed by atoms with Crippen molar-refractivity contribution in [1.29, 1.82) is 0 Å². The number of hydrogen-bond acceptors (Lipinski definition) is 3. The average molecular weight is 159 g/mol. The summed E-state index contributed by atoms with van der Waals surface area (Å²) in [6, 6.07) is 0. The predicted molar refractivity (Wildman–Crippen MR) is 46.6 cm³/mol. The monoisotopic (exact) mass is 159 g/mol. The molecule has 0 saturated carbocycles. The van der Waals surface area contributed by atoms with Crippen LogP contribution in [-0.4, -0.2) is 17.3 Å². The summed E-state index contributed by atoms with van der Waals surface area (Å²) < 4.78 is 0. The molecule has 0 radical (unpaired) electrons. The first kappa shape index (κ1) is 9.62. The minimum absolute atomic E-state index is 0.566. The van der Waals surface area contributed by atoms with Gasteiger partial charge in [-0.2, -0.15) is 5.11 Å². The Morgan fingerprint density at radius 1 is 1.40 bits per heavy atom. The molecule has 0 saturated heterocycles. The molecule has 0 amide bonds. The highest BCUT2D eigenvalue weighted by Gasteiger charge is 1.95. The summed E-state index contributed by atoms with van der Waals surface area (Å²) in [6.45, 7) is 6.17. The standard InChI is InChI=1S/C6H13N3S/c1-5(2)10-6(3)8-9-7-4/h5H,1-4H3/b8-6+,9-7-. The van der Waals surface area contributed by atoms with E-state index in [0.717, 1.165) is 5.04 Å². The van der Waals surface area contributed by atoms with Gasteiger partial charge in [0, 0.05) is 5.25 Å². The first-order valence-corrected chi connectivity index (χ1v) is 4.05. The van der Waals surface area contributed by atoms with Crippen LogP contribution in [0.4, 0.5) is 0 Å². The fraction of sp³-hybridized carbons (Fsp3) is 0.833. The topological polar surface area (TPSA) is 37.1 Å². The predicted octanol–water partition coefficient (Wildman–Crippen LogP) is 2.54. The summed E-state index contributed by atoms with van der Waals surface area (Å²) in [6.07, 6.45) is 0. The van der Waals surface area contributed by atoms with Crippen LogP contribution in [0.3, 0.4) is 0 Å². The zero-order valence-corrected chi connectivity index (χ0v) is 7.64. The van der Waals surface area contributed by atoms with E-state index in [1.165, 1.54) is 0 Å². The molecule has 0 aromatic rings. The Labute approximate surface area is 66.0 Å². The lowest BCUT2D eigenvalue weighted by atomic mass is 10.6. The first-order chi connectivity index (χ1) is 4.66. The molecule has 0 bridgehead atoms. The van der Waals surface area contributed by atoms with Gasteiger partial charge in [0.05, 0.1) is 12.1 Å². The highest BCUT2D eigenvalue weighted by atomic mass is 32.2. The van der Waals surface area contributed by atoms with Crippen LogP contribution in [0.1, 0.15) is 20.8 Å². The smallest absolute Gasteiger partial charge is 0.0948 e. The molecule has 0 fully saturated rings. The molecule has 0 aliphatic carbocycles. The van der Waals surface area contributed by atoms with Crippen LogP contribution in [0.5, 0.6) is 0 Å². The van der Waals surface area contributed by atoms with Crippen molar-refractivity contribution in [2.24, 2.45) is 15.4 Å². The van der Waals surface area contributed by atoms with Gasteiger partial charge in [-0.25, -0.2) is 0 Å². The van der Waals surface area contributed by atoms with Gasteiger partial charge in [0.2, 0.25) is 0 Å². The van der Waals surface area contributed by atoms with Crippen LogP contribution in [-0.2, 0) is 0 Å². The van der Waals surface area contributed by atoms with Crippen LogP contribution < -0.4 is 0 Å². The fourth-order valence-corrected chi connectivity index (χ4v) is 1.24. The van der Waals surface area contributed by atoms with E-state index in [0.29, 0.717) is 5.25 Å². The normalized spacial score (nSPS) is 13.5. The molecule has 10 heavy (non-hydrogen) atoms. The van der Waals surface area contributed by atoms with Gasteiger partial charge in [0.25, 0.3) is 0 Å². The van der Waals surface area contributed by atoms with E-state index in [1.54, 1.807) is 18.8 Å². The van der Waals surface area contributed by atoms with E-state index in [9.17, 15) is 0 Å². The van der Waals surface area contributed by atoms with E-state index in [1.807, 2.05) is 6.92 Å². The van der Waals surface area contributed by atoms with Gasteiger partial charge in [-0.15, -0.1) is 16.9 Å². The maximum absolute atomic E-state index is 3.82. The summed E-state index contributed by atoms with van der Waals surface area (Å²) in [4.78, 5) is 0. The fourth-order valence-electron chi connectivity index (χ4n) is 0.472. The number of hydrogen-bond donors (Lipinski definition) is 0. The number of rotatable bonds is 2. The van der Waals surface area contributed by atoms with Crippen molar-refractivity contribution in [3.8, 4) is 0 Å². The molecule has 0 spiro atoms. The maximum atomic E-state index is 3.82. The third-order valence-electron chi connectivity index (χ3n) is 0.681. The van der Waals surface area contributed by atoms with Crippen LogP contribution >= 0.6 is 11.8 Å². The van der Waals surface area contributed by atoms with Crippen molar-refractivity contribution >= 4 is 16.8 Å². The molecule has 0 aliphatic rings. The lowest BCUT2D eigenvalue weighted by Gasteiger charge is -1.99. The maximum Gasteiger partial charge on any atom is 0.0948 e. The molecule has 3 nitrogen and oxygen atoms in total. The largest absolute Gasteiger partial charge is 0.172 e. The van der Waals surface area contributed by atoms with Crippen LogP contribution in [0, 0.1) is 0 Å². The van der Waals surface area contributed by atoms with E-state index in [-0.39, 0.29) is 0 Å². The van der Waals surface area contributed by atoms with Crippen molar-refractivity contribution in [3.63, 3.8) is 0 Å². The van der Waals surface area contributed by atoms with E-state index in [4.69, 9.17) is 0 Å². The van der Waals surface area contributed by atoms with Gasteiger partial charge in [0.15, 0.2) is 0 Å². The van der Waals surface area contributed by atoms with Crippen LogP contribution in [0.25, 0.3) is 0 Å². The Hall–Kier alpha value is -0.380. The van der Waals surface area contributed by atoms with Crippen LogP contribution in [0.15, 0.2) is 15.4 Å². The van der Waals surface area contributed by atoms with E-state index in [2.05, 4.69) is 29.3 Å². The van der Waals surface area contributed by atoms with Crippen molar-refractivity contribution in [1.82, 2.24) is 0 Å². The zero-order valence-electron chi connectivity index (χ0n) is 6.83. The Balaban J connectivity index is 3.71. The minimum Gasteiger partial charge on any atom is -0.172 e. The second kappa shape index (κ2) is 5.41. The van der Waals surface area contributed by atoms with Gasteiger partial charge in [-0.1, -0.05) is 13.8 Å². The van der Waals surface area contributed by atoms with Crippen molar-refractivity contribution in [2.45, 2.75) is 26.0 Å². The Morgan fingerprint density at radius 3 is 2.40 bits per heavy atom. The van der Waals surface area contributed by atoms with E-state index < -0.39 is 0 Å². The molecule has 0 unspecified atom stereocenters. The number of thioether (sulfide) groups is 1. The third kappa shape index (κ3) is 5.75. The molecule has 0 rings (SSSR count). The lowest BCUT2D eigenvalue weighted by molar-refractivity contribution is 1.02. The molecular formula is C6H13N3S. The summed E-state index contributed by atoms with van der Waals surface area (Å²) in [5.74, 6) is 0. The van der Waals surface area contributed by atoms with Crippen molar-refractivity contribution in [3.05, 3.63) is 0 Å². The van der Waals surface area contributed by atoms with Gasteiger partial charge in [-0.3, -0.25) is 0 Å². The molecule has 0 aromatic carbocycles. The molecule has 0 N–H and O–H groups in total. The van der Waals surface area contributed by atoms with Gasteiger partial charge < -0.3 is 0 Å². The summed E-state index contributed by atoms with van der Waals surface area (Å²) in [5, 5.41) is 12.4. The Bertz CT molecular complexity index is 140. The van der Waals surface area contributed by atoms with E-state index >= 15 is 0 Å². The zero-order chi connectivity index (χ0) is 7.98. The Morgan fingerprint density at radius 2 is 2.00 bits per heavy atom. The molecule has 0 heterocycles. The van der Waals surface area contributed by atoms with Gasteiger partial charge in [0.1, 0.15) is 0 Å². The molecule has 0 atom stereocenters. The van der Waals surface area contributed by atoms with Crippen LogP contribution in [0.2, 0.25) is 0 Å².